The highest BCUT2D eigenvalue weighted by Crippen LogP contribution is 2.35. The molecule has 0 spiro atoms. The van der Waals surface area contributed by atoms with E-state index in [1.165, 1.54) is 19.3 Å². The molecule has 1 atom stereocenters. The van der Waals surface area contributed by atoms with Crippen LogP contribution in [0.15, 0.2) is 0 Å². The largest absolute Gasteiger partial charge is 0.383 e. The zero-order valence-corrected chi connectivity index (χ0v) is 9.97. The fourth-order valence-electron chi connectivity index (χ4n) is 2.04. The van der Waals surface area contributed by atoms with E-state index in [1.54, 1.807) is 7.11 Å². The fraction of sp³-hybridized carbons (Fsp3) is 1.00. The minimum absolute atomic E-state index is 0.419. The van der Waals surface area contributed by atoms with Crippen molar-refractivity contribution in [3.8, 4) is 0 Å². The molecule has 1 fully saturated rings. The van der Waals surface area contributed by atoms with Crippen molar-refractivity contribution in [3.63, 3.8) is 0 Å². The van der Waals surface area contributed by atoms with Crippen LogP contribution >= 0.6 is 0 Å². The van der Waals surface area contributed by atoms with Crippen LogP contribution < -0.4 is 5.32 Å². The van der Waals surface area contributed by atoms with E-state index in [2.05, 4.69) is 31.2 Å². The molecule has 0 aliphatic heterocycles. The summed E-state index contributed by atoms with van der Waals surface area (Å²) in [5.74, 6) is 0. The van der Waals surface area contributed by atoms with Gasteiger partial charge in [0.1, 0.15) is 0 Å². The Labute approximate surface area is 87.8 Å². The molecule has 0 heterocycles. The predicted octanol–water partition coefficient (Wildman–Crippen LogP) is 1.10. The van der Waals surface area contributed by atoms with Gasteiger partial charge in [-0.25, -0.2) is 0 Å². The standard InChI is InChI=1S/C11H24N2O/c1-10(8-14-4)12-9-11(13(2)3)6-5-7-11/h10,12H,5-9H2,1-4H3. The Morgan fingerprint density at radius 2 is 2.07 bits per heavy atom. The predicted molar refractivity (Wildman–Crippen MR) is 59.6 cm³/mol. The normalized spacial score (nSPS) is 22.1. The molecular formula is C11H24N2O. The van der Waals surface area contributed by atoms with Gasteiger partial charge >= 0.3 is 0 Å². The Morgan fingerprint density at radius 1 is 1.43 bits per heavy atom. The highest BCUT2D eigenvalue weighted by Gasteiger charge is 2.38. The maximum absolute atomic E-state index is 5.10. The summed E-state index contributed by atoms with van der Waals surface area (Å²) < 4.78 is 5.10. The number of rotatable bonds is 6. The number of nitrogens with zero attached hydrogens (tertiary/aromatic N) is 1. The molecule has 84 valence electrons. The van der Waals surface area contributed by atoms with Crippen LogP contribution in [0.1, 0.15) is 26.2 Å². The number of likely N-dealkylation sites (N-methyl/N-ethyl adjacent to an activating group) is 1. The Kier molecular flexibility index (Phi) is 4.35. The first kappa shape index (κ1) is 12.0. The molecule has 3 nitrogen and oxygen atoms in total. The second kappa shape index (κ2) is 5.10. The lowest BCUT2D eigenvalue weighted by Gasteiger charge is -2.48. The van der Waals surface area contributed by atoms with E-state index < -0.39 is 0 Å². The number of hydrogen-bond acceptors (Lipinski definition) is 3. The number of hydrogen-bond donors (Lipinski definition) is 1. The molecular weight excluding hydrogens is 176 g/mol. The topological polar surface area (TPSA) is 24.5 Å². The highest BCUT2D eigenvalue weighted by atomic mass is 16.5. The zero-order chi connectivity index (χ0) is 10.6. The van der Waals surface area contributed by atoms with Crippen LogP contribution in [0.25, 0.3) is 0 Å². The molecule has 1 unspecified atom stereocenters. The maximum Gasteiger partial charge on any atom is 0.0613 e. The monoisotopic (exact) mass is 200 g/mol. The minimum Gasteiger partial charge on any atom is -0.383 e. The Hall–Kier alpha value is -0.120. The van der Waals surface area contributed by atoms with Crippen LogP contribution in [-0.4, -0.2) is 50.8 Å². The van der Waals surface area contributed by atoms with Crippen LogP contribution in [0, 0.1) is 0 Å². The van der Waals surface area contributed by atoms with Gasteiger partial charge < -0.3 is 15.0 Å². The van der Waals surface area contributed by atoms with Crippen LogP contribution in [-0.2, 0) is 4.74 Å². The molecule has 1 N–H and O–H groups in total. The van der Waals surface area contributed by atoms with E-state index in [0.29, 0.717) is 11.6 Å². The first-order valence-electron chi connectivity index (χ1n) is 5.50. The lowest BCUT2D eigenvalue weighted by Crippen LogP contribution is -2.57. The van der Waals surface area contributed by atoms with Crippen molar-refractivity contribution < 1.29 is 4.74 Å². The summed E-state index contributed by atoms with van der Waals surface area (Å²) in [6.07, 6.45) is 4.03. The van der Waals surface area contributed by atoms with E-state index in [0.717, 1.165) is 13.2 Å². The van der Waals surface area contributed by atoms with Crippen molar-refractivity contribution in [2.45, 2.75) is 37.8 Å². The molecule has 0 radical (unpaired) electrons. The quantitative estimate of drug-likeness (QED) is 0.695. The van der Waals surface area contributed by atoms with Gasteiger partial charge in [-0.1, -0.05) is 0 Å². The lowest BCUT2D eigenvalue weighted by atomic mass is 9.75. The van der Waals surface area contributed by atoms with Crippen LogP contribution in [0.4, 0.5) is 0 Å². The van der Waals surface area contributed by atoms with E-state index in [4.69, 9.17) is 4.74 Å². The third kappa shape index (κ3) is 2.69. The molecule has 0 amide bonds. The van der Waals surface area contributed by atoms with Crippen LogP contribution in [0.2, 0.25) is 0 Å². The molecule has 0 aromatic rings. The first-order chi connectivity index (χ1) is 6.60. The summed E-state index contributed by atoms with van der Waals surface area (Å²) >= 11 is 0. The smallest absolute Gasteiger partial charge is 0.0613 e. The second-order valence-corrected chi connectivity index (χ2v) is 4.71. The third-order valence-electron chi connectivity index (χ3n) is 3.43. The highest BCUT2D eigenvalue weighted by molar-refractivity contribution is 4.97. The Morgan fingerprint density at radius 3 is 2.43 bits per heavy atom. The molecule has 14 heavy (non-hydrogen) atoms. The number of ether oxygens (including phenoxy) is 1. The third-order valence-corrected chi connectivity index (χ3v) is 3.43. The van der Waals surface area contributed by atoms with Crippen molar-refractivity contribution in [3.05, 3.63) is 0 Å². The summed E-state index contributed by atoms with van der Waals surface area (Å²) in [6.45, 7) is 4.06. The SMILES string of the molecule is COCC(C)NCC1(N(C)C)CCC1. The van der Waals surface area contributed by atoms with Gasteiger partial charge in [0.2, 0.25) is 0 Å². The maximum atomic E-state index is 5.10. The van der Waals surface area contributed by atoms with Gasteiger partial charge in [-0.05, 0) is 40.3 Å². The van der Waals surface area contributed by atoms with Gasteiger partial charge in [-0.15, -0.1) is 0 Å². The molecule has 3 heteroatoms. The summed E-state index contributed by atoms with van der Waals surface area (Å²) in [7, 11) is 6.12. The molecule has 1 aliphatic carbocycles. The Balaban J connectivity index is 2.27. The Bertz CT molecular complexity index is 167. The van der Waals surface area contributed by atoms with Crippen LogP contribution in [0.5, 0.6) is 0 Å². The summed E-state index contributed by atoms with van der Waals surface area (Å²) in [4.78, 5) is 2.36. The van der Waals surface area contributed by atoms with Crippen LogP contribution in [0.3, 0.4) is 0 Å². The molecule has 1 saturated carbocycles. The summed E-state index contributed by atoms with van der Waals surface area (Å²) in [5, 5.41) is 3.54. The molecule has 1 aliphatic rings. The molecule has 0 aromatic heterocycles. The van der Waals surface area contributed by atoms with Crippen molar-refractivity contribution in [1.82, 2.24) is 10.2 Å². The van der Waals surface area contributed by atoms with Gasteiger partial charge in [0.25, 0.3) is 0 Å². The first-order valence-corrected chi connectivity index (χ1v) is 5.50. The number of nitrogens with one attached hydrogen (secondary N) is 1. The van der Waals surface area contributed by atoms with Crippen molar-refractivity contribution in [2.24, 2.45) is 0 Å². The molecule has 0 saturated heterocycles. The van der Waals surface area contributed by atoms with Crippen molar-refractivity contribution in [2.75, 3.05) is 34.4 Å². The average Bonchev–Trinajstić information content (AvgIpc) is 2.02. The summed E-state index contributed by atoms with van der Waals surface area (Å²) in [5.41, 5.74) is 0.419. The van der Waals surface area contributed by atoms with Gasteiger partial charge in [-0.2, -0.15) is 0 Å². The molecule has 0 aromatic carbocycles. The minimum atomic E-state index is 0.419. The average molecular weight is 200 g/mol. The fourth-order valence-corrected chi connectivity index (χ4v) is 2.04. The molecule has 0 bridgehead atoms. The second-order valence-electron chi connectivity index (χ2n) is 4.71. The van der Waals surface area contributed by atoms with E-state index >= 15 is 0 Å². The van der Waals surface area contributed by atoms with Gasteiger partial charge in [0.15, 0.2) is 0 Å². The van der Waals surface area contributed by atoms with E-state index in [-0.39, 0.29) is 0 Å². The lowest BCUT2D eigenvalue weighted by molar-refractivity contribution is 0.0533. The molecule has 1 rings (SSSR count). The van der Waals surface area contributed by atoms with Gasteiger partial charge in [0, 0.05) is 25.2 Å². The van der Waals surface area contributed by atoms with E-state index in [9.17, 15) is 0 Å². The number of methoxy groups -OCH3 is 1. The summed E-state index contributed by atoms with van der Waals surface area (Å²) in [6, 6.07) is 0.456. The van der Waals surface area contributed by atoms with Gasteiger partial charge in [0.05, 0.1) is 6.61 Å². The van der Waals surface area contributed by atoms with Crippen molar-refractivity contribution >= 4 is 0 Å². The van der Waals surface area contributed by atoms with Crippen molar-refractivity contribution in [1.29, 1.82) is 0 Å². The van der Waals surface area contributed by atoms with E-state index in [1.807, 2.05) is 0 Å². The van der Waals surface area contributed by atoms with Gasteiger partial charge in [-0.3, -0.25) is 0 Å². The zero-order valence-electron chi connectivity index (χ0n) is 9.97.